The first-order chi connectivity index (χ1) is 17.5. The standard InChI is InChI=1S/C29H33N3O4/c1-4-16-34-21-24(33)18-32(19-26-11-8-17-35-26)20-27-28(23-9-6-5-7-10-23)30-31(3)29(27)36-25-14-12-22(2)13-15-25/h4-15,17,24,33H,1,16,18-21H2,2-3H3/t24-/m1/s1. The Hall–Kier alpha value is -3.65. The molecule has 2 aromatic carbocycles. The summed E-state index contributed by atoms with van der Waals surface area (Å²) in [6.45, 7) is 7.69. The number of aliphatic hydroxyl groups excluding tert-OH is 1. The Labute approximate surface area is 212 Å². The van der Waals surface area contributed by atoms with Crippen LogP contribution in [0, 0.1) is 6.92 Å². The van der Waals surface area contributed by atoms with Crippen molar-refractivity contribution in [2.24, 2.45) is 7.05 Å². The molecule has 0 unspecified atom stereocenters. The number of benzene rings is 2. The van der Waals surface area contributed by atoms with Crippen molar-refractivity contribution in [1.29, 1.82) is 0 Å². The first-order valence-corrected chi connectivity index (χ1v) is 12.0. The maximum absolute atomic E-state index is 10.7. The number of aliphatic hydroxyl groups is 1. The second kappa shape index (κ2) is 12.4. The Bertz CT molecular complexity index is 1220. The fourth-order valence-electron chi connectivity index (χ4n) is 4.04. The minimum Gasteiger partial charge on any atom is -0.468 e. The summed E-state index contributed by atoms with van der Waals surface area (Å²) in [6.07, 6.45) is 2.64. The van der Waals surface area contributed by atoms with Crippen LogP contribution in [0.1, 0.15) is 16.9 Å². The number of hydrogen-bond donors (Lipinski definition) is 1. The molecular weight excluding hydrogens is 454 g/mol. The SMILES string of the molecule is C=CCOC[C@H](O)CN(Cc1ccco1)Cc1c(-c2ccccc2)nn(C)c1Oc1ccc(C)cc1. The van der Waals surface area contributed by atoms with Gasteiger partial charge in [-0.1, -0.05) is 54.1 Å². The average Bonchev–Trinajstić information content (AvgIpc) is 3.49. The number of aromatic nitrogens is 2. The Morgan fingerprint density at radius 3 is 2.56 bits per heavy atom. The van der Waals surface area contributed by atoms with Crippen LogP contribution < -0.4 is 4.74 Å². The molecule has 0 aliphatic heterocycles. The number of hydrogen-bond acceptors (Lipinski definition) is 6. The summed E-state index contributed by atoms with van der Waals surface area (Å²) < 4.78 is 19.2. The van der Waals surface area contributed by atoms with Crippen LogP contribution in [0.3, 0.4) is 0 Å². The van der Waals surface area contributed by atoms with Gasteiger partial charge >= 0.3 is 0 Å². The van der Waals surface area contributed by atoms with Gasteiger partial charge in [0.1, 0.15) is 17.2 Å². The third-order valence-corrected chi connectivity index (χ3v) is 5.73. The van der Waals surface area contributed by atoms with Gasteiger partial charge in [-0.25, -0.2) is 4.68 Å². The highest BCUT2D eigenvalue weighted by Gasteiger charge is 2.24. The van der Waals surface area contributed by atoms with E-state index in [9.17, 15) is 5.11 Å². The van der Waals surface area contributed by atoms with Crippen LogP contribution in [-0.4, -0.2) is 45.6 Å². The zero-order valence-corrected chi connectivity index (χ0v) is 20.8. The third-order valence-electron chi connectivity index (χ3n) is 5.73. The molecule has 0 spiro atoms. The van der Waals surface area contributed by atoms with E-state index in [2.05, 4.69) is 11.5 Å². The summed E-state index contributed by atoms with van der Waals surface area (Å²) in [5.74, 6) is 2.19. The molecule has 1 atom stereocenters. The summed E-state index contributed by atoms with van der Waals surface area (Å²) in [4.78, 5) is 2.12. The fraction of sp³-hybridized carbons (Fsp3) is 0.276. The second-order valence-electron chi connectivity index (χ2n) is 8.77. The fourth-order valence-corrected chi connectivity index (χ4v) is 4.04. The van der Waals surface area contributed by atoms with Gasteiger partial charge in [0.05, 0.1) is 37.7 Å². The van der Waals surface area contributed by atoms with Crippen molar-refractivity contribution < 1.29 is 19.0 Å². The molecule has 0 bridgehead atoms. The lowest BCUT2D eigenvalue weighted by atomic mass is 10.1. The molecule has 4 aromatic rings. The van der Waals surface area contributed by atoms with E-state index in [4.69, 9.17) is 19.0 Å². The van der Waals surface area contributed by atoms with E-state index < -0.39 is 6.10 Å². The monoisotopic (exact) mass is 487 g/mol. The molecule has 0 radical (unpaired) electrons. The van der Waals surface area contributed by atoms with Crippen LogP contribution in [0.2, 0.25) is 0 Å². The molecule has 1 N–H and O–H groups in total. The van der Waals surface area contributed by atoms with Crippen LogP contribution in [0.5, 0.6) is 11.6 Å². The molecule has 7 nitrogen and oxygen atoms in total. The largest absolute Gasteiger partial charge is 0.468 e. The van der Waals surface area contributed by atoms with Crippen molar-refractivity contribution in [2.45, 2.75) is 26.1 Å². The van der Waals surface area contributed by atoms with E-state index >= 15 is 0 Å². The number of ether oxygens (including phenoxy) is 2. The minimum absolute atomic E-state index is 0.214. The van der Waals surface area contributed by atoms with Crippen LogP contribution in [0.4, 0.5) is 0 Å². The normalized spacial score (nSPS) is 12.1. The predicted molar refractivity (Wildman–Crippen MR) is 140 cm³/mol. The van der Waals surface area contributed by atoms with Crippen LogP contribution >= 0.6 is 0 Å². The molecule has 0 aliphatic rings. The molecule has 2 aromatic heterocycles. The van der Waals surface area contributed by atoms with E-state index in [0.717, 1.165) is 33.9 Å². The maximum atomic E-state index is 10.7. The van der Waals surface area contributed by atoms with Gasteiger partial charge in [-0.2, -0.15) is 5.10 Å². The molecule has 7 heteroatoms. The van der Waals surface area contributed by atoms with Crippen molar-refractivity contribution in [1.82, 2.24) is 14.7 Å². The summed E-state index contributed by atoms with van der Waals surface area (Å²) in [7, 11) is 1.88. The lowest BCUT2D eigenvalue weighted by Gasteiger charge is -2.25. The summed E-state index contributed by atoms with van der Waals surface area (Å²) >= 11 is 0. The Balaban J connectivity index is 1.67. The van der Waals surface area contributed by atoms with Crippen molar-refractivity contribution in [2.75, 3.05) is 19.8 Å². The summed E-state index contributed by atoms with van der Waals surface area (Å²) in [5, 5.41) is 15.5. The minimum atomic E-state index is -0.682. The van der Waals surface area contributed by atoms with Crippen molar-refractivity contribution >= 4 is 0 Å². The molecule has 0 fully saturated rings. The highest BCUT2D eigenvalue weighted by molar-refractivity contribution is 5.65. The van der Waals surface area contributed by atoms with Crippen molar-refractivity contribution in [3.05, 3.63) is 103 Å². The highest BCUT2D eigenvalue weighted by atomic mass is 16.5. The molecule has 0 amide bonds. The van der Waals surface area contributed by atoms with Gasteiger partial charge in [0.2, 0.25) is 5.88 Å². The van der Waals surface area contributed by atoms with Crippen molar-refractivity contribution in [3.8, 4) is 22.9 Å². The maximum Gasteiger partial charge on any atom is 0.222 e. The van der Waals surface area contributed by atoms with Gasteiger partial charge in [-0.15, -0.1) is 6.58 Å². The van der Waals surface area contributed by atoms with Crippen LogP contribution in [0.25, 0.3) is 11.3 Å². The second-order valence-corrected chi connectivity index (χ2v) is 8.77. The predicted octanol–water partition coefficient (Wildman–Crippen LogP) is 5.35. The average molecular weight is 488 g/mol. The van der Waals surface area contributed by atoms with E-state index in [1.54, 1.807) is 17.0 Å². The van der Waals surface area contributed by atoms with Gasteiger partial charge in [0.15, 0.2) is 0 Å². The number of nitrogens with zero attached hydrogens (tertiary/aromatic N) is 3. The van der Waals surface area contributed by atoms with Gasteiger partial charge in [-0.3, -0.25) is 4.90 Å². The Kier molecular flexibility index (Phi) is 8.73. The number of aryl methyl sites for hydroxylation is 2. The molecule has 0 saturated carbocycles. The Morgan fingerprint density at radius 1 is 1.08 bits per heavy atom. The molecular formula is C29H33N3O4. The lowest BCUT2D eigenvalue weighted by Crippen LogP contribution is -2.34. The van der Waals surface area contributed by atoms with Crippen molar-refractivity contribution in [3.63, 3.8) is 0 Å². The highest BCUT2D eigenvalue weighted by Crippen LogP contribution is 2.34. The molecule has 2 heterocycles. The van der Waals surface area contributed by atoms with Gasteiger partial charge in [0, 0.05) is 25.7 Å². The zero-order chi connectivity index (χ0) is 25.3. The van der Waals surface area contributed by atoms with E-state index in [1.807, 2.05) is 80.7 Å². The molecule has 4 rings (SSSR count). The van der Waals surface area contributed by atoms with E-state index in [1.165, 1.54) is 0 Å². The van der Waals surface area contributed by atoms with Crippen LogP contribution in [0.15, 0.2) is 90.1 Å². The van der Waals surface area contributed by atoms with Gasteiger partial charge in [-0.05, 0) is 31.2 Å². The third kappa shape index (κ3) is 6.73. The zero-order valence-electron chi connectivity index (χ0n) is 20.8. The van der Waals surface area contributed by atoms with E-state index in [0.29, 0.717) is 32.1 Å². The topological polar surface area (TPSA) is 72.9 Å². The number of furan rings is 1. The summed E-state index contributed by atoms with van der Waals surface area (Å²) in [6, 6.07) is 21.8. The quantitative estimate of drug-likeness (QED) is 0.203. The lowest BCUT2D eigenvalue weighted by molar-refractivity contribution is 0.0215. The first kappa shape index (κ1) is 25.4. The number of rotatable bonds is 13. The van der Waals surface area contributed by atoms with Crippen LogP contribution in [-0.2, 0) is 24.9 Å². The Morgan fingerprint density at radius 2 is 1.86 bits per heavy atom. The van der Waals surface area contributed by atoms with Gasteiger partial charge in [0.25, 0.3) is 0 Å². The summed E-state index contributed by atoms with van der Waals surface area (Å²) in [5.41, 5.74) is 3.92. The molecule has 188 valence electrons. The van der Waals surface area contributed by atoms with Gasteiger partial charge < -0.3 is 19.0 Å². The van der Waals surface area contributed by atoms with E-state index in [-0.39, 0.29) is 6.61 Å². The first-order valence-electron chi connectivity index (χ1n) is 12.0. The smallest absolute Gasteiger partial charge is 0.222 e. The molecule has 0 aliphatic carbocycles. The molecule has 36 heavy (non-hydrogen) atoms. The molecule has 0 saturated heterocycles.